The maximum atomic E-state index is 13.1. The minimum Gasteiger partial charge on any atom is -0.342 e. The van der Waals surface area contributed by atoms with Gasteiger partial charge in [0, 0.05) is 5.69 Å². The van der Waals surface area contributed by atoms with Crippen molar-refractivity contribution >= 4 is 11.6 Å². The normalized spacial score (nSPS) is 36.1. The van der Waals surface area contributed by atoms with E-state index in [1.807, 2.05) is 58.9 Å². The minimum atomic E-state index is -0.861. The van der Waals surface area contributed by atoms with Crippen LogP contribution in [0, 0.1) is 0 Å². The molecule has 3 fully saturated rings. The van der Waals surface area contributed by atoms with Crippen LogP contribution >= 0.6 is 0 Å². The van der Waals surface area contributed by atoms with E-state index in [-0.39, 0.29) is 5.91 Å². The number of anilines is 1. The number of benzene rings is 1. The molecule has 1 amide bonds. The highest BCUT2D eigenvalue weighted by Gasteiger charge is 2.62. The first kappa shape index (κ1) is 18.8. The van der Waals surface area contributed by atoms with E-state index in [0.717, 1.165) is 17.7 Å². The Morgan fingerprint density at radius 2 is 1.59 bits per heavy atom. The number of aryl methyl sites for hydroxylation is 1. The summed E-state index contributed by atoms with van der Waals surface area (Å²) in [6, 6.07) is 7.72. The van der Waals surface area contributed by atoms with Crippen LogP contribution < -0.4 is 5.32 Å². The van der Waals surface area contributed by atoms with Crippen molar-refractivity contribution in [3.8, 4) is 0 Å². The number of carbonyl (C=O) groups excluding carboxylic acids is 1. The summed E-state index contributed by atoms with van der Waals surface area (Å²) in [6.45, 7) is 9.32. The number of nitrogens with one attached hydrogen (secondary N) is 1. The van der Waals surface area contributed by atoms with Crippen molar-refractivity contribution in [2.75, 3.05) is 5.32 Å². The molecule has 27 heavy (non-hydrogen) atoms. The van der Waals surface area contributed by atoms with Crippen LogP contribution in [-0.4, -0.2) is 48.2 Å². The third-order valence-corrected chi connectivity index (χ3v) is 5.07. The molecule has 1 aromatic rings. The molecule has 0 saturated carbocycles. The zero-order chi connectivity index (χ0) is 19.4. The summed E-state index contributed by atoms with van der Waals surface area (Å²) in [5.41, 5.74) is 1.83. The number of hydrogen-bond donors (Lipinski definition) is 1. The van der Waals surface area contributed by atoms with Gasteiger partial charge in [0.15, 0.2) is 24.0 Å². The molecule has 7 heteroatoms. The molecule has 3 heterocycles. The molecule has 4 rings (SSSR count). The fourth-order valence-electron chi connectivity index (χ4n) is 3.98. The lowest BCUT2D eigenvalue weighted by atomic mass is 9.98. The molecule has 3 saturated heterocycles. The third kappa shape index (κ3) is 3.50. The van der Waals surface area contributed by atoms with E-state index in [1.165, 1.54) is 0 Å². The summed E-state index contributed by atoms with van der Waals surface area (Å²) in [7, 11) is 0. The van der Waals surface area contributed by atoms with Crippen molar-refractivity contribution in [1.29, 1.82) is 0 Å². The summed E-state index contributed by atoms with van der Waals surface area (Å²) < 4.78 is 29.9. The number of hydrogen-bond acceptors (Lipinski definition) is 6. The highest BCUT2D eigenvalue weighted by Crippen LogP contribution is 2.44. The van der Waals surface area contributed by atoms with Crippen LogP contribution in [0.1, 0.15) is 40.2 Å². The quantitative estimate of drug-likeness (QED) is 0.873. The van der Waals surface area contributed by atoms with Gasteiger partial charge in [-0.05, 0) is 45.7 Å². The molecule has 1 aromatic carbocycles. The summed E-state index contributed by atoms with van der Waals surface area (Å²) in [5.74, 6) is -1.92. The highest BCUT2D eigenvalue weighted by atomic mass is 16.9. The van der Waals surface area contributed by atoms with Gasteiger partial charge in [-0.15, -0.1) is 0 Å². The molecular formula is C20H27NO6. The van der Waals surface area contributed by atoms with Gasteiger partial charge in [-0.25, -0.2) is 0 Å². The molecule has 5 atom stereocenters. The molecule has 0 spiro atoms. The Kier molecular flexibility index (Phi) is 4.56. The number of amides is 1. The molecule has 0 bridgehead atoms. The van der Waals surface area contributed by atoms with Gasteiger partial charge < -0.3 is 29.0 Å². The average molecular weight is 377 g/mol. The summed E-state index contributed by atoms with van der Waals surface area (Å²) in [6.07, 6.45) is -2.20. The molecule has 0 radical (unpaired) electrons. The molecule has 0 aliphatic carbocycles. The Bertz CT molecular complexity index is 733. The third-order valence-electron chi connectivity index (χ3n) is 5.07. The molecule has 3 aliphatic heterocycles. The second-order valence-electron chi connectivity index (χ2n) is 8.09. The first-order chi connectivity index (χ1) is 12.7. The molecule has 7 nitrogen and oxygen atoms in total. The standard InChI is InChI=1S/C20H27NO6/c1-6-11-9-7-8-10-12(11)21-17(22)15-13-14(25-19(2,3)24-13)16-18(23-15)27-20(4,5)26-16/h7-10,13-16,18H,6H2,1-5H3,(H,21,22). The van der Waals surface area contributed by atoms with Gasteiger partial charge in [0.2, 0.25) is 0 Å². The van der Waals surface area contributed by atoms with Gasteiger partial charge in [0.05, 0.1) is 0 Å². The lowest BCUT2D eigenvalue weighted by molar-refractivity contribution is -0.229. The Hall–Kier alpha value is -1.51. The van der Waals surface area contributed by atoms with Gasteiger partial charge in [-0.2, -0.15) is 0 Å². The second kappa shape index (κ2) is 6.53. The highest BCUT2D eigenvalue weighted by molar-refractivity contribution is 5.95. The summed E-state index contributed by atoms with van der Waals surface area (Å²) >= 11 is 0. The number of carbonyl (C=O) groups is 1. The Labute approximate surface area is 159 Å². The summed E-state index contributed by atoms with van der Waals surface area (Å²) in [4.78, 5) is 13.1. The number of ether oxygens (including phenoxy) is 5. The molecule has 5 unspecified atom stereocenters. The van der Waals surface area contributed by atoms with Crippen LogP contribution in [0.3, 0.4) is 0 Å². The topological polar surface area (TPSA) is 75.3 Å². The van der Waals surface area contributed by atoms with Crippen molar-refractivity contribution in [2.24, 2.45) is 0 Å². The van der Waals surface area contributed by atoms with Gasteiger partial charge in [0.25, 0.3) is 5.91 Å². The summed E-state index contributed by atoms with van der Waals surface area (Å²) in [5, 5.41) is 2.98. The van der Waals surface area contributed by atoms with Crippen LogP contribution in [-0.2, 0) is 34.9 Å². The van der Waals surface area contributed by atoms with E-state index in [4.69, 9.17) is 23.7 Å². The second-order valence-corrected chi connectivity index (χ2v) is 8.09. The molecule has 3 aliphatic rings. The monoisotopic (exact) mass is 377 g/mol. The van der Waals surface area contributed by atoms with E-state index >= 15 is 0 Å². The Balaban J connectivity index is 1.59. The van der Waals surface area contributed by atoms with Crippen LogP contribution in [0.2, 0.25) is 0 Å². The van der Waals surface area contributed by atoms with E-state index in [9.17, 15) is 4.79 Å². The van der Waals surface area contributed by atoms with Gasteiger partial charge in [-0.1, -0.05) is 25.1 Å². The van der Waals surface area contributed by atoms with Crippen LogP contribution in [0.15, 0.2) is 24.3 Å². The van der Waals surface area contributed by atoms with Gasteiger partial charge >= 0.3 is 0 Å². The maximum Gasteiger partial charge on any atom is 0.256 e. The van der Waals surface area contributed by atoms with E-state index in [1.54, 1.807) is 0 Å². The van der Waals surface area contributed by atoms with Crippen molar-refractivity contribution in [1.82, 2.24) is 0 Å². The van der Waals surface area contributed by atoms with E-state index in [0.29, 0.717) is 0 Å². The van der Waals surface area contributed by atoms with E-state index in [2.05, 4.69) is 5.32 Å². The molecule has 148 valence electrons. The maximum absolute atomic E-state index is 13.1. The molecule has 1 N–H and O–H groups in total. The SMILES string of the molecule is CCc1ccccc1NC(=O)C1OC2OC(C)(C)OC2C2OC(C)(C)OC12. The van der Waals surface area contributed by atoms with Crippen molar-refractivity contribution in [2.45, 2.75) is 83.3 Å². The van der Waals surface area contributed by atoms with E-state index < -0.39 is 42.3 Å². The van der Waals surface area contributed by atoms with Crippen LogP contribution in [0.4, 0.5) is 5.69 Å². The fourth-order valence-corrected chi connectivity index (χ4v) is 3.98. The predicted molar refractivity (Wildman–Crippen MR) is 97.0 cm³/mol. The Morgan fingerprint density at radius 3 is 2.33 bits per heavy atom. The first-order valence-corrected chi connectivity index (χ1v) is 9.44. The molecule has 0 aromatic heterocycles. The number of para-hydroxylation sites is 1. The average Bonchev–Trinajstić information content (AvgIpc) is 3.08. The van der Waals surface area contributed by atoms with Crippen LogP contribution in [0.25, 0.3) is 0 Å². The first-order valence-electron chi connectivity index (χ1n) is 9.44. The largest absolute Gasteiger partial charge is 0.342 e. The zero-order valence-corrected chi connectivity index (χ0v) is 16.4. The van der Waals surface area contributed by atoms with Crippen molar-refractivity contribution < 1.29 is 28.5 Å². The van der Waals surface area contributed by atoms with Crippen molar-refractivity contribution in [3.05, 3.63) is 29.8 Å². The molecular weight excluding hydrogens is 350 g/mol. The van der Waals surface area contributed by atoms with Gasteiger partial charge in [0.1, 0.15) is 18.3 Å². The van der Waals surface area contributed by atoms with Gasteiger partial charge in [-0.3, -0.25) is 4.79 Å². The minimum absolute atomic E-state index is 0.279. The Morgan fingerprint density at radius 1 is 0.963 bits per heavy atom. The van der Waals surface area contributed by atoms with Crippen molar-refractivity contribution in [3.63, 3.8) is 0 Å². The smallest absolute Gasteiger partial charge is 0.256 e. The lowest BCUT2D eigenvalue weighted by Crippen LogP contribution is -2.58. The number of rotatable bonds is 3. The zero-order valence-electron chi connectivity index (χ0n) is 16.4. The fraction of sp³-hybridized carbons (Fsp3) is 0.650. The predicted octanol–water partition coefficient (Wildman–Crippen LogP) is 2.58. The lowest BCUT2D eigenvalue weighted by Gasteiger charge is -2.36. The number of fused-ring (bicyclic) bond motifs is 3. The van der Waals surface area contributed by atoms with Crippen LogP contribution in [0.5, 0.6) is 0 Å².